The fourth-order valence-electron chi connectivity index (χ4n) is 2.36. The van der Waals surface area contributed by atoms with E-state index in [9.17, 15) is 0 Å². The normalized spacial score (nSPS) is 22.4. The Morgan fingerprint density at radius 2 is 2.35 bits per heavy atom. The molecule has 2 unspecified atom stereocenters. The molecule has 0 aliphatic heterocycles. The number of guanidine groups is 1. The van der Waals surface area contributed by atoms with Gasteiger partial charge in [-0.3, -0.25) is 0 Å². The minimum atomic E-state index is 0. The van der Waals surface area contributed by atoms with Gasteiger partial charge in [0, 0.05) is 17.8 Å². The van der Waals surface area contributed by atoms with Crippen LogP contribution in [-0.4, -0.2) is 30.1 Å². The second kappa shape index (κ2) is 9.55. The van der Waals surface area contributed by atoms with E-state index in [-0.39, 0.29) is 24.0 Å². The average Bonchev–Trinajstić information content (AvgIpc) is 3.07. The lowest BCUT2D eigenvalue weighted by atomic mass is 10.2. The lowest BCUT2D eigenvalue weighted by Gasteiger charge is -2.17. The Bertz CT molecular complexity index is 397. The van der Waals surface area contributed by atoms with E-state index in [1.807, 2.05) is 23.9 Å². The van der Waals surface area contributed by atoms with E-state index in [0.717, 1.165) is 23.5 Å². The topological polar surface area (TPSA) is 49.6 Å². The summed E-state index contributed by atoms with van der Waals surface area (Å²) in [5.74, 6) is 1.79. The van der Waals surface area contributed by atoms with Gasteiger partial charge in [0.2, 0.25) is 0 Å². The van der Waals surface area contributed by atoms with Crippen LogP contribution in [0.15, 0.2) is 27.8 Å². The van der Waals surface area contributed by atoms with Gasteiger partial charge in [0.15, 0.2) is 5.96 Å². The van der Waals surface area contributed by atoms with Gasteiger partial charge in [0.05, 0.1) is 6.26 Å². The number of nitrogens with one attached hydrogen (secondary N) is 2. The van der Waals surface area contributed by atoms with Gasteiger partial charge in [-0.05, 0) is 44.6 Å². The maximum atomic E-state index is 5.30. The maximum absolute atomic E-state index is 5.30. The quantitative estimate of drug-likeness (QED) is 0.446. The van der Waals surface area contributed by atoms with Crippen molar-refractivity contribution >= 4 is 41.7 Å². The number of halogens is 1. The Labute approximate surface area is 142 Å². The lowest BCUT2D eigenvalue weighted by Crippen LogP contribution is -2.42. The Morgan fingerprint density at radius 3 is 2.95 bits per heavy atom. The molecule has 6 heteroatoms. The van der Waals surface area contributed by atoms with Crippen molar-refractivity contribution < 1.29 is 4.42 Å². The summed E-state index contributed by atoms with van der Waals surface area (Å²) in [5.41, 5.74) is 0. The summed E-state index contributed by atoms with van der Waals surface area (Å²) >= 11 is 1.97. The third-order valence-electron chi connectivity index (χ3n) is 3.38. The number of furan rings is 1. The third-order valence-corrected chi connectivity index (χ3v) is 4.47. The molecule has 0 radical (unpaired) electrons. The number of hydrogen-bond donors (Lipinski definition) is 2. The van der Waals surface area contributed by atoms with Crippen LogP contribution in [0, 0.1) is 0 Å². The third kappa shape index (κ3) is 5.55. The SMILES string of the molecule is CCNC(=NCc1ccco1)NC1CCC(SC)C1.I. The van der Waals surface area contributed by atoms with Gasteiger partial charge in [-0.2, -0.15) is 11.8 Å². The molecule has 0 saturated heterocycles. The zero-order chi connectivity index (χ0) is 13.5. The first kappa shape index (κ1) is 17.7. The molecule has 1 aliphatic rings. The van der Waals surface area contributed by atoms with Crippen molar-refractivity contribution in [3.05, 3.63) is 24.2 Å². The molecule has 2 N–H and O–H groups in total. The summed E-state index contributed by atoms with van der Waals surface area (Å²) in [7, 11) is 0. The average molecular weight is 409 g/mol. The van der Waals surface area contributed by atoms with E-state index < -0.39 is 0 Å². The predicted molar refractivity (Wildman–Crippen MR) is 97.0 cm³/mol. The standard InChI is InChI=1S/C14H23N3OS.HI/c1-3-15-14(16-10-12-5-4-8-18-12)17-11-6-7-13(9-11)19-2;/h4-5,8,11,13H,3,6-7,9-10H2,1-2H3,(H2,15,16,17);1H. The molecule has 0 spiro atoms. The van der Waals surface area contributed by atoms with Gasteiger partial charge >= 0.3 is 0 Å². The van der Waals surface area contributed by atoms with Crippen molar-refractivity contribution in [3.8, 4) is 0 Å². The molecule has 0 amide bonds. The van der Waals surface area contributed by atoms with Crippen LogP contribution in [-0.2, 0) is 6.54 Å². The van der Waals surface area contributed by atoms with E-state index in [2.05, 4.69) is 28.8 Å². The van der Waals surface area contributed by atoms with Crippen molar-refractivity contribution in [1.29, 1.82) is 0 Å². The number of hydrogen-bond acceptors (Lipinski definition) is 3. The second-order valence-electron chi connectivity index (χ2n) is 4.79. The first-order chi connectivity index (χ1) is 9.31. The summed E-state index contributed by atoms with van der Waals surface area (Å²) in [6.45, 7) is 3.55. The molecule has 2 atom stereocenters. The Kier molecular flexibility index (Phi) is 8.44. The van der Waals surface area contributed by atoms with E-state index >= 15 is 0 Å². The summed E-state index contributed by atoms with van der Waals surface area (Å²) in [6.07, 6.45) is 7.65. The number of aliphatic imine (C=N–C) groups is 1. The minimum Gasteiger partial charge on any atom is -0.467 e. The molecule has 0 bridgehead atoms. The predicted octanol–water partition coefficient (Wildman–Crippen LogP) is 3.24. The molecule has 1 saturated carbocycles. The number of nitrogens with zero attached hydrogens (tertiary/aromatic N) is 1. The molecule has 1 aromatic rings. The molecule has 2 rings (SSSR count). The van der Waals surface area contributed by atoms with Crippen LogP contribution in [0.2, 0.25) is 0 Å². The zero-order valence-corrected chi connectivity index (χ0v) is 15.2. The molecule has 1 fully saturated rings. The summed E-state index contributed by atoms with van der Waals surface area (Å²) in [6, 6.07) is 4.39. The van der Waals surface area contributed by atoms with Gasteiger partial charge in [-0.25, -0.2) is 4.99 Å². The van der Waals surface area contributed by atoms with Crippen LogP contribution in [0.1, 0.15) is 31.9 Å². The highest BCUT2D eigenvalue weighted by atomic mass is 127. The van der Waals surface area contributed by atoms with Crippen LogP contribution >= 0.6 is 35.7 Å². The summed E-state index contributed by atoms with van der Waals surface area (Å²) in [4.78, 5) is 4.56. The smallest absolute Gasteiger partial charge is 0.191 e. The van der Waals surface area contributed by atoms with Crippen LogP contribution < -0.4 is 10.6 Å². The highest BCUT2D eigenvalue weighted by Crippen LogP contribution is 2.27. The van der Waals surface area contributed by atoms with Crippen LogP contribution in [0.4, 0.5) is 0 Å². The summed E-state index contributed by atoms with van der Waals surface area (Å²) < 4.78 is 5.30. The van der Waals surface area contributed by atoms with Gasteiger partial charge in [-0.15, -0.1) is 24.0 Å². The first-order valence-electron chi connectivity index (χ1n) is 6.91. The molecule has 1 heterocycles. The van der Waals surface area contributed by atoms with E-state index in [1.54, 1.807) is 6.26 Å². The van der Waals surface area contributed by atoms with Gasteiger partial charge in [0.1, 0.15) is 12.3 Å². The molecule has 114 valence electrons. The number of rotatable bonds is 5. The highest BCUT2D eigenvalue weighted by molar-refractivity contribution is 14.0. The minimum absolute atomic E-state index is 0. The molecule has 4 nitrogen and oxygen atoms in total. The molecule has 20 heavy (non-hydrogen) atoms. The van der Waals surface area contributed by atoms with E-state index in [1.165, 1.54) is 19.3 Å². The van der Waals surface area contributed by atoms with Crippen molar-refractivity contribution in [3.63, 3.8) is 0 Å². The lowest BCUT2D eigenvalue weighted by molar-refractivity contribution is 0.511. The van der Waals surface area contributed by atoms with Crippen molar-refractivity contribution in [2.24, 2.45) is 4.99 Å². The largest absolute Gasteiger partial charge is 0.467 e. The van der Waals surface area contributed by atoms with Crippen molar-refractivity contribution in [2.45, 2.75) is 44.0 Å². The zero-order valence-electron chi connectivity index (χ0n) is 12.1. The van der Waals surface area contributed by atoms with E-state index in [0.29, 0.717) is 12.6 Å². The molecular weight excluding hydrogens is 385 g/mol. The maximum Gasteiger partial charge on any atom is 0.191 e. The molecule has 1 aromatic heterocycles. The van der Waals surface area contributed by atoms with Crippen molar-refractivity contribution in [1.82, 2.24) is 10.6 Å². The summed E-state index contributed by atoms with van der Waals surface area (Å²) in [5, 5.41) is 7.62. The highest BCUT2D eigenvalue weighted by Gasteiger charge is 2.24. The van der Waals surface area contributed by atoms with Crippen LogP contribution in [0.25, 0.3) is 0 Å². The Balaban J connectivity index is 0.00000200. The molecule has 1 aliphatic carbocycles. The first-order valence-corrected chi connectivity index (χ1v) is 8.20. The molecule has 0 aromatic carbocycles. The van der Waals surface area contributed by atoms with Gasteiger partial charge < -0.3 is 15.1 Å². The van der Waals surface area contributed by atoms with Gasteiger partial charge in [-0.1, -0.05) is 0 Å². The monoisotopic (exact) mass is 409 g/mol. The fraction of sp³-hybridized carbons (Fsp3) is 0.643. The Morgan fingerprint density at radius 1 is 1.50 bits per heavy atom. The number of thioether (sulfide) groups is 1. The fourth-order valence-corrected chi connectivity index (χ4v) is 3.15. The molecular formula is C14H24IN3OS. The van der Waals surface area contributed by atoms with Crippen LogP contribution in [0.5, 0.6) is 0 Å². The van der Waals surface area contributed by atoms with Crippen molar-refractivity contribution in [2.75, 3.05) is 12.8 Å². The van der Waals surface area contributed by atoms with E-state index in [4.69, 9.17) is 4.42 Å². The Hall–Kier alpha value is -0.370. The second-order valence-corrected chi connectivity index (χ2v) is 5.92. The van der Waals surface area contributed by atoms with Gasteiger partial charge in [0.25, 0.3) is 0 Å². The van der Waals surface area contributed by atoms with Crippen LogP contribution in [0.3, 0.4) is 0 Å².